The highest BCUT2D eigenvalue weighted by Gasteiger charge is 2.01. The molecule has 1 rings (SSSR count). The summed E-state index contributed by atoms with van der Waals surface area (Å²) in [5, 5.41) is 6.02. The van der Waals surface area contributed by atoms with Crippen LogP contribution >= 0.6 is 11.6 Å². The minimum atomic E-state index is -0.125. The zero-order valence-electron chi connectivity index (χ0n) is 9.00. The van der Waals surface area contributed by atoms with Gasteiger partial charge in [0.15, 0.2) is 0 Å². The number of ether oxygens (including phenoxy) is 1. The Labute approximate surface area is 99.2 Å². The van der Waals surface area contributed by atoms with Gasteiger partial charge >= 0.3 is 0 Å². The van der Waals surface area contributed by atoms with E-state index >= 15 is 0 Å². The number of amides is 1. The van der Waals surface area contributed by atoms with Crippen LogP contribution in [0.25, 0.3) is 0 Å². The van der Waals surface area contributed by atoms with Crippen LogP contribution in [0.5, 0.6) is 0 Å². The van der Waals surface area contributed by atoms with E-state index in [0.717, 1.165) is 0 Å². The fourth-order valence-corrected chi connectivity index (χ4v) is 1.14. The van der Waals surface area contributed by atoms with E-state index in [4.69, 9.17) is 16.3 Å². The summed E-state index contributed by atoms with van der Waals surface area (Å²) < 4.78 is 4.84. The first-order valence-corrected chi connectivity index (χ1v) is 5.21. The van der Waals surface area contributed by atoms with Gasteiger partial charge in [-0.15, -0.1) is 0 Å². The molecule has 16 heavy (non-hydrogen) atoms. The minimum absolute atomic E-state index is 0.125. The summed E-state index contributed by atoms with van der Waals surface area (Å²) in [6, 6.07) is 3.32. The Kier molecular flexibility index (Phi) is 5.77. The molecule has 0 saturated carbocycles. The van der Waals surface area contributed by atoms with E-state index in [9.17, 15) is 4.79 Å². The smallest absolute Gasteiger partial charge is 0.238 e. The summed E-state index contributed by atoms with van der Waals surface area (Å²) in [5.74, 6) is -0.125. The van der Waals surface area contributed by atoms with Gasteiger partial charge in [0.1, 0.15) is 5.15 Å². The molecule has 0 spiro atoms. The number of methoxy groups -OCH3 is 1. The largest absolute Gasteiger partial charge is 0.383 e. The molecule has 0 aromatic carbocycles. The highest BCUT2D eigenvalue weighted by atomic mass is 35.5. The quantitative estimate of drug-likeness (QED) is 0.576. The minimum Gasteiger partial charge on any atom is -0.383 e. The van der Waals surface area contributed by atoms with Crippen LogP contribution in [0.3, 0.4) is 0 Å². The summed E-state index contributed by atoms with van der Waals surface area (Å²) in [7, 11) is 1.61. The van der Waals surface area contributed by atoms with Crippen LogP contribution in [0.2, 0.25) is 5.15 Å². The normalized spacial score (nSPS) is 10.1. The van der Waals surface area contributed by atoms with Crippen molar-refractivity contribution in [1.29, 1.82) is 0 Å². The van der Waals surface area contributed by atoms with Gasteiger partial charge in [0.2, 0.25) is 5.91 Å². The molecule has 0 aliphatic heterocycles. The Bertz CT molecular complexity index is 329. The van der Waals surface area contributed by atoms with Gasteiger partial charge in [0.25, 0.3) is 0 Å². The van der Waals surface area contributed by atoms with Gasteiger partial charge < -0.3 is 15.4 Å². The number of pyridine rings is 1. The van der Waals surface area contributed by atoms with Crippen LogP contribution in [-0.2, 0) is 9.53 Å². The number of rotatable bonds is 6. The van der Waals surface area contributed by atoms with Gasteiger partial charge in [-0.05, 0) is 12.1 Å². The van der Waals surface area contributed by atoms with Gasteiger partial charge in [-0.1, -0.05) is 11.6 Å². The molecule has 0 radical (unpaired) electrons. The summed E-state index contributed by atoms with van der Waals surface area (Å²) in [6.45, 7) is 1.46. The van der Waals surface area contributed by atoms with Crippen molar-refractivity contribution in [3.8, 4) is 0 Å². The number of aromatic nitrogens is 1. The van der Waals surface area contributed by atoms with Crippen molar-refractivity contribution in [2.75, 3.05) is 32.1 Å². The Morgan fingerprint density at radius 3 is 3.00 bits per heavy atom. The molecule has 0 unspecified atom stereocenters. The Morgan fingerprint density at radius 1 is 1.56 bits per heavy atom. The Balaban J connectivity index is 2.26. The molecule has 1 amide bonds. The lowest BCUT2D eigenvalue weighted by Gasteiger charge is -2.05. The molecule has 6 heteroatoms. The van der Waals surface area contributed by atoms with Crippen LogP contribution in [0.1, 0.15) is 0 Å². The van der Waals surface area contributed by atoms with E-state index < -0.39 is 0 Å². The number of anilines is 1. The van der Waals surface area contributed by atoms with Crippen molar-refractivity contribution < 1.29 is 9.53 Å². The maximum atomic E-state index is 11.4. The average Bonchev–Trinajstić information content (AvgIpc) is 2.28. The van der Waals surface area contributed by atoms with Crippen LogP contribution in [-0.4, -0.2) is 37.7 Å². The first-order valence-electron chi connectivity index (χ1n) is 4.83. The second-order valence-electron chi connectivity index (χ2n) is 3.09. The van der Waals surface area contributed by atoms with Crippen LogP contribution in [0, 0.1) is 0 Å². The van der Waals surface area contributed by atoms with Gasteiger partial charge in [-0.25, -0.2) is 4.98 Å². The van der Waals surface area contributed by atoms with Crippen molar-refractivity contribution in [2.24, 2.45) is 0 Å². The highest BCUT2D eigenvalue weighted by molar-refractivity contribution is 6.29. The molecule has 0 saturated heterocycles. The zero-order valence-corrected chi connectivity index (χ0v) is 9.75. The topological polar surface area (TPSA) is 63.2 Å². The molecule has 88 valence electrons. The van der Waals surface area contributed by atoms with Gasteiger partial charge in [0, 0.05) is 13.7 Å². The maximum Gasteiger partial charge on any atom is 0.238 e. The molecule has 5 nitrogen and oxygen atoms in total. The number of hydrogen-bond acceptors (Lipinski definition) is 4. The maximum absolute atomic E-state index is 11.4. The molecule has 1 aromatic rings. The molecule has 0 aliphatic rings. The highest BCUT2D eigenvalue weighted by Crippen LogP contribution is 2.08. The molecule has 0 bridgehead atoms. The average molecular weight is 244 g/mol. The van der Waals surface area contributed by atoms with Crippen LogP contribution in [0.15, 0.2) is 18.3 Å². The van der Waals surface area contributed by atoms with E-state index in [0.29, 0.717) is 24.0 Å². The zero-order chi connectivity index (χ0) is 11.8. The molecule has 2 N–H and O–H groups in total. The molecule has 0 aliphatic carbocycles. The third-order valence-electron chi connectivity index (χ3n) is 1.78. The molecular formula is C10H14ClN3O2. The Morgan fingerprint density at radius 2 is 2.38 bits per heavy atom. The van der Waals surface area contributed by atoms with Gasteiger partial charge in [-0.2, -0.15) is 0 Å². The predicted octanol–water partition coefficient (Wildman–Crippen LogP) is 0.909. The van der Waals surface area contributed by atoms with Crippen molar-refractivity contribution in [1.82, 2.24) is 10.3 Å². The van der Waals surface area contributed by atoms with E-state index in [1.807, 2.05) is 0 Å². The second kappa shape index (κ2) is 7.16. The van der Waals surface area contributed by atoms with Gasteiger partial charge in [0.05, 0.1) is 25.0 Å². The van der Waals surface area contributed by atoms with Crippen molar-refractivity contribution >= 4 is 23.2 Å². The number of nitrogens with one attached hydrogen (secondary N) is 2. The van der Waals surface area contributed by atoms with Gasteiger partial charge in [-0.3, -0.25) is 4.79 Å². The lowest BCUT2D eigenvalue weighted by atomic mass is 10.4. The first-order chi connectivity index (χ1) is 7.72. The number of carbonyl (C=O) groups is 1. The van der Waals surface area contributed by atoms with E-state index in [1.165, 1.54) is 6.20 Å². The summed E-state index contributed by atoms with van der Waals surface area (Å²) in [6.07, 6.45) is 1.51. The second-order valence-corrected chi connectivity index (χ2v) is 3.47. The third-order valence-corrected chi connectivity index (χ3v) is 2.00. The first kappa shape index (κ1) is 12.9. The van der Waals surface area contributed by atoms with E-state index in [-0.39, 0.29) is 12.5 Å². The van der Waals surface area contributed by atoms with Crippen molar-refractivity contribution in [2.45, 2.75) is 0 Å². The third kappa shape index (κ3) is 5.06. The lowest BCUT2D eigenvalue weighted by Crippen LogP contribution is -2.30. The van der Waals surface area contributed by atoms with Crippen molar-refractivity contribution in [3.63, 3.8) is 0 Å². The van der Waals surface area contributed by atoms with E-state index in [2.05, 4.69) is 15.6 Å². The monoisotopic (exact) mass is 243 g/mol. The SMILES string of the molecule is COCCNCC(=O)Nc1ccc(Cl)nc1. The lowest BCUT2D eigenvalue weighted by molar-refractivity contribution is -0.115. The number of hydrogen-bond donors (Lipinski definition) is 2. The van der Waals surface area contributed by atoms with Crippen LogP contribution < -0.4 is 10.6 Å². The van der Waals surface area contributed by atoms with E-state index in [1.54, 1.807) is 19.2 Å². The number of carbonyl (C=O) groups excluding carboxylic acids is 1. The summed E-state index contributed by atoms with van der Waals surface area (Å²) >= 11 is 5.62. The number of nitrogens with zero attached hydrogens (tertiary/aromatic N) is 1. The van der Waals surface area contributed by atoms with Crippen molar-refractivity contribution in [3.05, 3.63) is 23.5 Å². The molecular weight excluding hydrogens is 230 g/mol. The molecule has 1 heterocycles. The fourth-order valence-electron chi connectivity index (χ4n) is 1.03. The number of halogens is 1. The summed E-state index contributed by atoms with van der Waals surface area (Å²) in [5.41, 5.74) is 0.628. The molecule has 0 atom stereocenters. The fraction of sp³-hybridized carbons (Fsp3) is 0.400. The Hall–Kier alpha value is -1.17. The predicted molar refractivity (Wildman–Crippen MR) is 62.6 cm³/mol. The molecule has 1 aromatic heterocycles. The molecule has 0 fully saturated rings. The standard InChI is InChI=1S/C10H14ClN3O2/c1-16-5-4-12-7-10(15)14-8-2-3-9(11)13-6-8/h2-3,6,12H,4-5,7H2,1H3,(H,14,15). The van der Waals surface area contributed by atoms with Crippen LogP contribution in [0.4, 0.5) is 5.69 Å². The summed E-state index contributed by atoms with van der Waals surface area (Å²) in [4.78, 5) is 15.2.